The summed E-state index contributed by atoms with van der Waals surface area (Å²) in [4.78, 5) is 31.5. The molecule has 2 aromatic carbocycles. The van der Waals surface area contributed by atoms with E-state index in [1.54, 1.807) is 43.5 Å². The van der Waals surface area contributed by atoms with Crippen LogP contribution in [0.5, 0.6) is 5.75 Å². The molecule has 1 aromatic heterocycles. The van der Waals surface area contributed by atoms with Crippen LogP contribution >= 0.6 is 0 Å². The van der Waals surface area contributed by atoms with Crippen LogP contribution in [0, 0.1) is 0 Å². The summed E-state index contributed by atoms with van der Waals surface area (Å²) >= 11 is 0. The van der Waals surface area contributed by atoms with E-state index in [-0.39, 0.29) is 11.4 Å². The first kappa shape index (κ1) is 23.9. The van der Waals surface area contributed by atoms with Crippen LogP contribution in [0.1, 0.15) is 19.4 Å². The number of hydrogen-bond acceptors (Lipinski definition) is 9. The molecular weight excluding hydrogens is 450 g/mol. The second-order valence-corrected chi connectivity index (χ2v) is 8.47. The topological polar surface area (TPSA) is 103 Å². The largest absolute Gasteiger partial charge is 0.496 e. The lowest BCUT2D eigenvalue weighted by Crippen LogP contribution is -2.44. The quantitative estimate of drug-likeness (QED) is 0.293. The van der Waals surface area contributed by atoms with Gasteiger partial charge in [-0.25, -0.2) is 14.6 Å². The minimum atomic E-state index is -1.34. The van der Waals surface area contributed by atoms with Gasteiger partial charge in [-0.05, 0) is 24.1 Å². The Hall–Kier alpha value is -4.27. The number of likely N-dealkylation sites (N-methyl/N-ethyl adjacent to an activating group) is 1. The standard InChI is InChI=1S/C26H27N3O6/c1-26(2)34-24(30)22(25(31)35-26)23(29(3)13-12-17-8-6-5-7-9-17)28-18-10-11-19(20(14-18)32-4)21-15-27-16-33-21/h5-11,14-16,28H,12-13H2,1-4H3. The molecule has 9 heteroatoms. The SMILES string of the molecule is COc1cc(NC(=C2C(=O)OC(C)(C)OC2=O)N(C)CCc2ccccc2)ccc1-c1cnco1. The minimum absolute atomic E-state index is 0.210. The third-order valence-corrected chi connectivity index (χ3v) is 5.44. The first-order valence-corrected chi connectivity index (χ1v) is 11.1. The van der Waals surface area contributed by atoms with E-state index in [1.807, 2.05) is 30.3 Å². The first-order chi connectivity index (χ1) is 16.8. The molecule has 2 heterocycles. The van der Waals surface area contributed by atoms with Crippen molar-refractivity contribution in [3.8, 4) is 17.1 Å². The zero-order valence-electron chi connectivity index (χ0n) is 20.0. The van der Waals surface area contributed by atoms with Crippen molar-refractivity contribution in [1.29, 1.82) is 0 Å². The number of carbonyl (C=O) groups is 2. The van der Waals surface area contributed by atoms with E-state index >= 15 is 0 Å². The molecule has 1 aliphatic heterocycles. The molecular formula is C26H27N3O6. The van der Waals surface area contributed by atoms with Crippen molar-refractivity contribution >= 4 is 17.6 Å². The van der Waals surface area contributed by atoms with E-state index in [0.29, 0.717) is 35.7 Å². The molecule has 1 fully saturated rings. The summed E-state index contributed by atoms with van der Waals surface area (Å²) in [7, 11) is 3.33. The molecule has 0 spiro atoms. The second-order valence-electron chi connectivity index (χ2n) is 8.47. The Morgan fingerprint density at radius 1 is 1.09 bits per heavy atom. The van der Waals surface area contributed by atoms with Crippen LogP contribution in [-0.2, 0) is 25.5 Å². The van der Waals surface area contributed by atoms with Gasteiger partial charge in [0.2, 0.25) is 0 Å². The molecule has 1 saturated heterocycles. The Morgan fingerprint density at radius 2 is 1.80 bits per heavy atom. The highest BCUT2D eigenvalue weighted by Crippen LogP contribution is 2.33. The average Bonchev–Trinajstić information content (AvgIpc) is 3.36. The molecule has 182 valence electrons. The summed E-state index contributed by atoms with van der Waals surface area (Å²) in [5.41, 5.74) is 2.21. The number of oxazole rings is 1. The maximum Gasteiger partial charge on any atom is 0.352 e. The van der Waals surface area contributed by atoms with Gasteiger partial charge >= 0.3 is 11.9 Å². The molecule has 0 aliphatic carbocycles. The smallest absolute Gasteiger partial charge is 0.352 e. The van der Waals surface area contributed by atoms with Gasteiger partial charge in [0.1, 0.15) is 11.6 Å². The number of ether oxygens (including phenoxy) is 3. The van der Waals surface area contributed by atoms with Gasteiger partial charge in [0, 0.05) is 39.2 Å². The van der Waals surface area contributed by atoms with Crippen molar-refractivity contribution in [3.63, 3.8) is 0 Å². The molecule has 0 atom stereocenters. The van der Waals surface area contributed by atoms with E-state index in [9.17, 15) is 9.59 Å². The number of hydrogen-bond donors (Lipinski definition) is 1. The average molecular weight is 478 g/mol. The fourth-order valence-corrected chi connectivity index (χ4v) is 3.71. The number of cyclic esters (lactones) is 2. The highest BCUT2D eigenvalue weighted by atomic mass is 16.7. The molecule has 4 rings (SSSR count). The lowest BCUT2D eigenvalue weighted by atomic mass is 10.1. The Morgan fingerprint density at radius 3 is 2.43 bits per heavy atom. The van der Waals surface area contributed by atoms with Crippen LogP contribution in [0.3, 0.4) is 0 Å². The molecule has 0 bridgehead atoms. The van der Waals surface area contributed by atoms with E-state index in [4.69, 9.17) is 18.6 Å². The number of methoxy groups -OCH3 is 1. The monoisotopic (exact) mass is 477 g/mol. The minimum Gasteiger partial charge on any atom is -0.496 e. The van der Waals surface area contributed by atoms with Gasteiger partial charge in [0.25, 0.3) is 5.79 Å². The van der Waals surface area contributed by atoms with Crippen LogP contribution in [-0.4, -0.2) is 48.3 Å². The molecule has 3 aromatic rings. The van der Waals surface area contributed by atoms with Gasteiger partial charge in [-0.15, -0.1) is 0 Å². The summed E-state index contributed by atoms with van der Waals surface area (Å²) in [5.74, 6) is -1.52. The number of carbonyl (C=O) groups excluding carboxylic acids is 2. The number of anilines is 1. The maximum atomic E-state index is 12.9. The first-order valence-electron chi connectivity index (χ1n) is 11.1. The number of benzene rings is 2. The van der Waals surface area contributed by atoms with Gasteiger partial charge in [-0.1, -0.05) is 30.3 Å². The summed E-state index contributed by atoms with van der Waals surface area (Å²) in [5, 5.41) is 3.20. The van der Waals surface area contributed by atoms with Crippen LogP contribution in [0.15, 0.2) is 76.9 Å². The molecule has 0 amide bonds. The van der Waals surface area contributed by atoms with E-state index in [0.717, 1.165) is 5.56 Å². The highest BCUT2D eigenvalue weighted by molar-refractivity contribution is 6.16. The highest BCUT2D eigenvalue weighted by Gasteiger charge is 2.42. The van der Waals surface area contributed by atoms with Crippen LogP contribution in [0.25, 0.3) is 11.3 Å². The van der Waals surface area contributed by atoms with Crippen LogP contribution in [0.2, 0.25) is 0 Å². The van der Waals surface area contributed by atoms with Gasteiger partial charge in [-0.3, -0.25) is 0 Å². The molecule has 1 N–H and O–H groups in total. The zero-order chi connectivity index (χ0) is 25.0. The van der Waals surface area contributed by atoms with Crippen LogP contribution in [0.4, 0.5) is 5.69 Å². The normalized spacial score (nSPS) is 14.7. The summed E-state index contributed by atoms with van der Waals surface area (Å²) in [6.07, 6.45) is 3.62. The van der Waals surface area contributed by atoms with E-state index in [2.05, 4.69) is 10.3 Å². The number of nitrogens with zero attached hydrogens (tertiary/aromatic N) is 2. The molecule has 0 saturated carbocycles. The van der Waals surface area contributed by atoms with Gasteiger partial charge in [0.15, 0.2) is 17.7 Å². The molecule has 0 radical (unpaired) electrons. The van der Waals surface area contributed by atoms with Gasteiger partial charge in [-0.2, -0.15) is 0 Å². The Kier molecular flexibility index (Phi) is 6.77. The predicted molar refractivity (Wildman–Crippen MR) is 128 cm³/mol. The summed E-state index contributed by atoms with van der Waals surface area (Å²) in [6.45, 7) is 3.55. The zero-order valence-corrected chi connectivity index (χ0v) is 20.0. The van der Waals surface area contributed by atoms with E-state index < -0.39 is 17.7 Å². The Balaban J connectivity index is 1.68. The van der Waals surface area contributed by atoms with Crippen molar-refractivity contribution in [2.45, 2.75) is 26.1 Å². The molecule has 35 heavy (non-hydrogen) atoms. The third-order valence-electron chi connectivity index (χ3n) is 5.44. The predicted octanol–water partition coefficient (Wildman–Crippen LogP) is 3.98. The van der Waals surface area contributed by atoms with Crippen molar-refractivity contribution in [3.05, 3.63) is 78.1 Å². The summed E-state index contributed by atoms with van der Waals surface area (Å²) in [6, 6.07) is 15.3. The van der Waals surface area contributed by atoms with Crippen molar-refractivity contribution in [1.82, 2.24) is 9.88 Å². The van der Waals surface area contributed by atoms with Crippen molar-refractivity contribution in [2.24, 2.45) is 0 Å². The lowest BCUT2D eigenvalue weighted by Gasteiger charge is -2.33. The molecule has 9 nitrogen and oxygen atoms in total. The van der Waals surface area contributed by atoms with Gasteiger partial charge < -0.3 is 28.8 Å². The Bertz CT molecular complexity index is 1210. The van der Waals surface area contributed by atoms with Crippen molar-refractivity contribution < 1.29 is 28.2 Å². The molecule has 0 unspecified atom stereocenters. The van der Waals surface area contributed by atoms with E-state index in [1.165, 1.54) is 20.2 Å². The number of esters is 2. The summed E-state index contributed by atoms with van der Waals surface area (Å²) < 4.78 is 21.6. The Labute approximate surface area is 203 Å². The molecule has 1 aliphatic rings. The second kappa shape index (κ2) is 9.92. The fourth-order valence-electron chi connectivity index (χ4n) is 3.71. The number of aromatic nitrogens is 1. The number of rotatable bonds is 8. The lowest BCUT2D eigenvalue weighted by molar-refractivity contribution is -0.222. The van der Waals surface area contributed by atoms with Gasteiger partial charge in [0.05, 0.1) is 18.9 Å². The maximum absolute atomic E-state index is 12.9. The van der Waals surface area contributed by atoms with Crippen LogP contribution < -0.4 is 10.1 Å². The number of nitrogens with one attached hydrogen (secondary N) is 1. The fraction of sp³-hybridized carbons (Fsp3) is 0.269. The third kappa shape index (κ3) is 5.46. The van der Waals surface area contributed by atoms with Crippen molar-refractivity contribution in [2.75, 3.05) is 26.0 Å².